The van der Waals surface area contributed by atoms with Gasteiger partial charge in [0, 0.05) is 30.2 Å². The quantitative estimate of drug-likeness (QED) is 0.607. The Labute approximate surface area is 149 Å². The van der Waals surface area contributed by atoms with Gasteiger partial charge >= 0.3 is 0 Å². The highest BCUT2D eigenvalue weighted by molar-refractivity contribution is 6.31. The van der Waals surface area contributed by atoms with Gasteiger partial charge in [-0.1, -0.05) is 29.8 Å². The minimum absolute atomic E-state index is 0.538. The van der Waals surface area contributed by atoms with Gasteiger partial charge in [-0.25, -0.2) is 19.9 Å². The van der Waals surface area contributed by atoms with Gasteiger partial charge in [0.25, 0.3) is 0 Å². The molecule has 4 aromatic rings. The first kappa shape index (κ1) is 15.5. The van der Waals surface area contributed by atoms with Crippen molar-refractivity contribution >= 4 is 23.3 Å². The van der Waals surface area contributed by atoms with E-state index < -0.39 is 0 Å². The number of imidazole rings is 1. The Morgan fingerprint density at radius 2 is 1.92 bits per heavy atom. The van der Waals surface area contributed by atoms with Crippen LogP contribution >= 0.6 is 11.6 Å². The summed E-state index contributed by atoms with van der Waals surface area (Å²) in [4.78, 5) is 17.7. The Kier molecular flexibility index (Phi) is 4.03. The third-order valence-electron chi connectivity index (χ3n) is 3.87. The zero-order valence-electron chi connectivity index (χ0n) is 13.5. The number of hydrogen-bond donors (Lipinski definition) is 1. The van der Waals surface area contributed by atoms with E-state index in [0.29, 0.717) is 18.3 Å². The fourth-order valence-electron chi connectivity index (χ4n) is 2.70. The van der Waals surface area contributed by atoms with Gasteiger partial charge in [0.15, 0.2) is 0 Å². The summed E-state index contributed by atoms with van der Waals surface area (Å²) in [6, 6.07) is 11.4. The van der Waals surface area contributed by atoms with E-state index in [1.54, 1.807) is 12.4 Å². The van der Waals surface area contributed by atoms with Crippen molar-refractivity contribution in [3.8, 4) is 11.4 Å². The number of hydrogen-bond acceptors (Lipinski definition) is 5. The second-order valence-corrected chi connectivity index (χ2v) is 5.95. The van der Waals surface area contributed by atoms with Crippen LogP contribution in [0.1, 0.15) is 11.3 Å². The molecule has 0 bridgehead atoms. The number of rotatable bonds is 4. The van der Waals surface area contributed by atoms with Gasteiger partial charge in [0.2, 0.25) is 11.7 Å². The molecular weight excluding hydrogens is 336 g/mol. The minimum atomic E-state index is 0.538. The average Bonchev–Trinajstić information content (AvgIpc) is 2.97. The van der Waals surface area contributed by atoms with Crippen LogP contribution in [0.4, 0.5) is 5.95 Å². The van der Waals surface area contributed by atoms with Crippen molar-refractivity contribution in [3.63, 3.8) is 0 Å². The molecule has 25 heavy (non-hydrogen) atoms. The van der Waals surface area contributed by atoms with E-state index in [-0.39, 0.29) is 0 Å². The number of fused-ring (bicyclic) bond motifs is 1. The maximum absolute atomic E-state index is 6.19. The van der Waals surface area contributed by atoms with E-state index in [0.717, 1.165) is 27.7 Å². The zero-order chi connectivity index (χ0) is 17.2. The van der Waals surface area contributed by atoms with Crippen LogP contribution < -0.4 is 5.32 Å². The van der Waals surface area contributed by atoms with Crippen LogP contribution in [-0.2, 0) is 6.54 Å². The van der Waals surface area contributed by atoms with Crippen LogP contribution in [0.15, 0.2) is 55.0 Å². The molecule has 6 nitrogen and oxygen atoms in total. The standard InChI is InChI=1S/C18H15ClN6/c1-12-16(25-10-4-8-21-18(25)23-12)15-7-9-20-17(24-15)22-11-13-5-2-3-6-14(13)19/h2-10H,11H2,1H3,(H,20,22,24). The molecule has 0 spiro atoms. The van der Waals surface area contributed by atoms with E-state index in [9.17, 15) is 0 Å². The van der Waals surface area contributed by atoms with Crippen LogP contribution in [-0.4, -0.2) is 24.3 Å². The smallest absolute Gasteiger partial charge is 0.234 e. The Bertz CT molecular complexity index is 1040. The van der Waals surface area contributed by atoms with Crippen molar-refractivity contribution in [1.29, 1.82) is 0 Å². The lowest BCUT2D eigenvalue weighted by atomic mass is 10.2. The minimum Gasteiger partial charge on any atom is -0.350 e. The molecule has 0 amide bonds. The number of benzene rings is 1. The highest BCUT2D eigenvalue weighted by Gasteiger charge is 2.13. The lowest BCUT2D eigenvalue weighted by Gasteiger charge is -2.08. The second-order valence-electron chi connectivity index (χ2n) is 5.55. The molecule has 0 fully saturated rings. The van der Waals surface area contributed by atoms with Crippen LogP contribution in [0, 0.1) is 6.92 Å². The first-order valence-electron chi connectivity index (χ1n) is 7.83. The van der Waals surface area contributed by atoms with Gasteiger partial charge in [-0.3, -0.25) is 4.40 Å². The molecule has 3 aromatic heterocycles. The van der Waals surface area contributed by atoms with E-state index in [4.69, 9.17) is 11.6 Å². The monoisotopic (exact) mass is 350 g/mol. The van der Waals surface area contributed by atoms with E-state index in [1.807, 2.05) is 53.9 Å². The van der Waals surface area contributed by atoms with Gasteiger partial charge < -0.3 is 5.32 Å². The summed E-state index contributed by atoms with van der Waals surface area (Å²) in [7, 11) is 0. The number of nitrogens with one attached hydrogen (secondary N) is 1. The average molecular weight is 351 g/mol. The van der Waals surface area contributed by atoms with E-state index >= 15 is 0 Å². The lowest BCUT2D eigenvalue weighted by Crippen LogP contribution is -2.05. The predicted octanol–water partition coefficient (Wildman–Crippen LogP) is 3.76. The number of aromatic nitrogens is 5. The van der Waals surface area contributed by atoms with Crippen molar-refractivity contribution in [3.05, 3.63) is 71.3 Å². The molecule has 1 aromatic carbocycles. The fourth-order valence-corrected chi connectivity index (χ4v) is 2.90. The van der Waals surface area contributed by atoms with Gasteiger partial charge in [-0.15, -0.1) is 0 Å². The molecule has 0 radical (unpaired) electrons. The van der Waals surface area contributed by atoms with Crippen molar-refractivity contribution in [2.75, 3.05) is 5.32 Å². The van der Waals surface area contributed by atoms with E-state index in [2.05, 4.69) is 25.3 Å². The SMILES string of the molecule is Cc1nc2ncccn2c1-c1ccnc(NCc2ccccc2Cl)n1. The molecule has 4 rings (SSSR count). The highest BCUT2D eigenvalue weighted by atomic mass is 35.5. The molecule has 1 N–H and O–H groups in total. The summed E-state index contributed by atoms with van der Waals surface area (Å²) in [5.41, 5.74) is 3.56. The number of anilines is 1. The van der Waals surface area contributed by atoms with Crippen molar-refractivity contribution in [1.82, 2.24) is 24.3 Å². The summed E-state index contributed by atoms with van der Waals surface area (Å²) >= 11 is 6.19. The highest BCUT2D eigenvalue weighted by Crippen LogP contribution is 2.23. The number of aryl methyl sites for hydroxylation is 1. The molecule has 0 unspecified atom stereocenters. The molecule has 7 heteroatoms. The Hall–Kier alpha value is -2.99. The van der Waals surface area contributed by atoms with E-state index in [1.165, 1.54) is 0 Å². The first-order valence-corrected chi connectivity index (χ1v) is 8.20. The maximum atomic E-state index is 6.19. The molecule has 3 heterocycles. The number of nitrogens with zero attached hydrogens (tertiary/aromatic N) is 5. The Morgan fingerprint density at radius 1 is 1.04 bits per heavy atom. The molecule has 0 saturated heterocycles. The summed E-state index contributed by atoms with van der Waals surface area (Å²) in [5.74, 6) is 1.19. The van der Waals surface area contributed by atoms with Crippen molar-refractivity contribution in [2.45, 2.75) is 13.5 Å². The summed E-state index contributed by atoms with van der Waals surface area (Å²) < 4.78 is 1.93. The third kappa shape index (κ3) is 3.04. The zero-order valence-corrected chi connectivity index (χ0v) is 14.3. The van der Waals surface area contributed by atoms with Crippen molar-refractivity contribution < 1.29 is 0 Å². The van der Waals surface area contributed by atoms with Crippen LogP contribution in [0.5, 0.6) is 0 Å². The summed E-state index contributed by atoms with van der Waals surface area (Å²) in [6.07, 6.45) is 5.38. The largest absolute Gasteiger partial charge is 0.350 e. The molecule has 0 aliphatic rings. The first-order chi connectivity index (χ1) is 12.2. The fraction of sp³-hybridized carbons (Fsp3) is 0.111. The molecular formula is C18H15ClN6. The van der Waals surface area contributed by atoms with Gasteiger partial charge in [0.05, 0.1) is 17.1 Å². The molecule has 124 valence electrons. The topological polar surface area (TPSA) is 68.0 Å². The molecule has 0 aliphatic heterocycles. The van der Waals surface area contributed by atoms with Gasteiger partial charge in [0.1, 0.15) is 0 Å². The molecule has 0 aliphatic carbocycles. The maximum Gasteiger partial charge on any atom is 0.234 e. The Balaban J connectivity index is 1.65. The van der Waals surface area contributed by atoms with Crippen molar-refractivity contribution in [2.24, 2.45) is 0 Å². The molecule has 0 atom stereocenters. The second kappa shape index (κ2) is 6.49. The van der Waals surface area contributed by atoms with Crippen LogP contribution in [0.3, 0.4) is 0 Å². The van der Waals surface area contributed by atoms with Gasteiger partial charge in [-0.05, 0) is 30.7 Å². The normalized spacial score (nSPS) is 11.0. The Morgan fingerprint density at radius 3 is 2.80 bits per heavy atom. The third-order valence-corrected chi connectivity index (χ3v) is 4.24. The number of halogens is 1. The summed E-state index contributed by atoms with van der Waals surface area (Å²) in [6.45, 7) is 2.50. The lowest BCUT2D eigenvalue weighted by molar-refractivity contribution is 1.04. The van der Waals surface area contributed by atoms with Gasteiger partial charge in [-0.2, -0.15) is 0 Å². The molecule has 0 saturated carbocycles. The van der Waals surface area contributed by atoms with Crippen LogP contribution in [0.25, 0.3) is 17.2 Å². The predicted molar refractivity (Wildman–Crippen MR) is 97.5 cm³/mol. The summed E-state index contributed by atoms with van der Waals surface area (Å²) in [5, 5.41) is 3.94. The van der Waals surface area contributed by atoms with Crippen LogP contribution in [0.2, 0.25) is 5.02 Å².